The number of unbranched alkanes of at least 4 members (excludes halogenated alkanes) is 32. The van der Waals surface area contributed by atoms with Crippen molar-refractivity contribution < 1.29 is 30.4 Å². The van der Waals surface area contributed by atoms with Crippen LogP contribution in [0.4, 0.5) is 0 Å². The third-order valence-corrected chi connectivity index (χ3v) is 12.7. The van der Waals surface area contributed by atoms with Crippen molar-refractivity contribution in [3.8, 4) is 0 Å². The van der Waals surface area contributed by atoms with Gasteiger partial charge in [-0.25, -0.2) is 0 Å². The van der Waals surface area contributed by atoms with Gasteiger partial charge >= 0.3 is 0 Å². The molecular weight excluding hydrogens is 813 g/mol. The average Bonchev–Trinajstić information content (AvgIpc) is 3.32. The van der Waals surface area contributed by atoms with Crippen molar-refractivity contribution in [2.24, 2.45) is 0 Å². The predicted molar refractivity (Wildman–Crippen MR) is 280 cm³/mol. The van der Waals surface area contributed by atoms with Crippen LogP contribution in [0.5, 0.6) is 0 Å². The number of hydrogen-bond donors (Lipinski definition) is 2. The van der Waals surface area contributed by atoms with Crippen LogP contribution in [0.15, 0.2) is 72.8 Å². The number of quaternary nitrogens is 2. The maximum Gasteiger partial charge on any atom is 0.0796 e. The largest absolute Gasteiger partial charge is 0.550 e. The summed E-state index contributed by atoms with van der Waals surface area (Å²) >= 11 is 0. The highest BCUT2D eigenvalue weighted by molar-refractivity contribution is 5.77. The Balaban J connectivity index is 0.000000988. The zero-order chi connectivity index (χ0) is 47.9. The maximum atomic E-state index is 10.1. The second-order valence-corrected chi connectivity index (χ2v) is 19.1. The van der Waals surface area contributed by atoms with E-state index in [1.807, 2.05) is 0 Å². The van der Waals surface area contributed by atoms with E-state index in [-0.39, 0.29) is 6.42 Å². The van der Waals surface area contributed by atoms with Crippen LogP contribution < -0.4 is 20.8 Å². The summed E-state index contributed by atoms with van der Waals surface area (Å²) < 4.78 is 0. The molecule has 2 rings (SSSR count). The minimum Gasteiger partial charge on any atom is -0.550 e. The molecule has 0 amide bonds. The molecule has 0 heterocycles. The standard InChI is InChI=1S/2C24H43N.C12H20O4/c2*1-2-3-4-5-6-7-8-9-10-11-12-13-14-18-22-25-23-21-24-19-16-15-17-20-24;13-11(14)9-7-5-3-1-2-4-6-8-10-12(15)16/h2*15-17,19-20,25H,2-14,18,21-23H2,1H3;7,9H,1-6,8,10H2,(H,13,14)(H,15,16)/b;;9-7+. The maximum absolute atomic E-state index is 10.1. The Bertz CT molecular complexity index is 1200. The Hall–Kier alpha value is -2.96. The van der Waals surface area contributed by atoms with Crippen LogP contribution in [-0.2, 0) is 22.4 Å². The van der Waals surface area contributed by atoms with Crippen LogP contribution in [0, 0.1) is 0 Å². The Morgan fingerprint density at radius 2 is 0.697 bits per heavy atom. The van der Waals surface area contributed by atoms with Gasteiger partial charge in [-0.15, -0.1) is 0 Å². The van der Waals surface area contributed by atoms with Gasteiger partial charge in [0.1, 0.15) is 0 Å². The normalized spacial score (nSPS) is 11.0. The Morgan fingerprint density at radius 1 is 0.394 bits per heavy atom. The van der Waals surface area contributed by atoms with Gasteiger partial charge in [0.05, 0.1) is 32.1 Å². The van der Waals surface area contributed by atoms with Gasteiger partial charge in [-0.3, -0.25) is 0 Å². The fourth-order valence-corrected chi connectivity index (χ4v) is 8.50. The van der Waals surface area contributed by atoms with Crippen molar-refractivity contribution in [3.63, 3.8) is 0 Å². The van der Waals surface area contributed by atoms with Crippen molar-refractivity contribution >= 4 is 11.9 Å². The molecule has 0 aliphatic carbocycles. The summed E-state index contributed by atoms with van der Waals surface area (Å²) in [5.41, 5.74) is 2.94. The molecule has 0 fully saturated rings. The Labute approximate surface area is 408 Å². The predicted octanol–water partition coefficient (Wildman–Crippen LogP) is 12.7. The first-order valence-corrected chi connectivity index (χ1v) is 28.3. The number of aliphatic carboxylic acids is 2. The highest BCUT2D eigenvalue weighted by atomic mass is 16.4. The zero-order valence-corrected chi connectivity index (χ0v) is 43.4. The van der Waals surface area contributed by atoms with Gasteiger partial charge in [-0.2, -0.15) is 0 Å². The molecule has 0 spiro atoms. The lowest BCUT2D eigenvalue weighted by molar-refractivity contribution is -0.654. The fourth-order valence-electron chi connectivity index (χ4n) is 8.50. The van der Waals surface area contributed by atoms with Crippen LogP contribution in [0.3, 0.4) is 0 Å². The van der Waals surface area contributed by atoms with Crippen molar-refractivity contribution in [1.82, 2.24) is 0 Å². The summed E-state index contributed by atoms with van der Waals surface area (Å²) in [6, 6.07) is 21.7. The van der Waals surface area contributed by atoms with E-state index in [2.05, 4.69) is 85.1 Å². The molecule has 0 atom stereocenters. The zero-order valence-electron chi connectivity index (χ0n) is 43.4. The molecule has 2 aromatic carbocycles. The van der Waals surface area contributed by atoms with Crippen molar-refractivity contribution in [1.29, 1.82) is 0 Å². The van der Waals surface area contributed by atoms with Crippen LogP contribution in [0.1, 0.15) is 256 Å². The number of hydrogen-bond acceptors (Lipinski definition) is 4. The summed E-state index contributed by atoms with van der Waals surface area (Å²) in [6.45, 7) is 9.69. The van der Waals surface area contributed by atoms with E-state index in [1.165, 1.54) is 230 Å². The van der Waals surface area contributed by atoms with E-state index in [0.29, 0.717) is 6.42 Å². The molecule has 0 aliphatic rings. The SMILES string of the molecule is CCCCCCCCCCCCCCCC[NH2+]CCc1ccccc1.CCCCCCCCCCCCCCCC[NH2+]CCc1ccccc1.O=C([O-])/C=C/CCCCCCCCC(=O)[O-]. The molecular formula is C60H106N2O4. The van der Waals surface area contributed by atoms with Crippen LogP contribution in [0.25, 0.3) is 0 Å². The fraction of sp³-hybridized carbons (Fsp3) is 0.733. The quantitative estimate of drug-likeness (QED) is 0.0508. The number of allylic oxidation sites excluding steroid dienone is 1. The number of carbonyl (C=O) groups excluding carboxylic acids is 2. The highest BCUT2D eigenvalue weighted by Gasteiger charge is 1.99. The second kappa shape index (κ2) is 54.6. The topological polar surface area (TPSA) is 113 Å². The number of carboxylic acid groups (broad SMARTS) is 2. The van der Waals surface area contributed by atoms with E-state index in [0.717, 1.165) is 44.6 Å². The number of carbonyl (C=O) groups is 2. The molecule has 0 radical (unpaired) electrons. The second-order valence-electron chi connectivity index (χ2n) is 19.1. The van der Waals surface area contributed by atoms with E-state index < -0.39 is 11.9 Å². The number of carboxylic acids is 2. The van der Waals surface area contributed by atoms with Crippen molar-refractivity contribution in [2.75, 3.05) is 26.2 Å². The first-order chi connectivity index (χ1) is 32.5. The number of rotatable bonds is 46. The summed E-state index contributed by atoms with van der Waals surface area (Å²) in [5, 5.41) is 25.1. The molecule has 2 aromatic rings. The van der Waals surface area contributed by atoms with Crippen LogP contribution in [-0.4, -0.2) is 38.1 Å². The van der Waals surface area contributed by atoms with Gasteiger partial charge in [-0.05, 0) is 68.6 Å². The van der Waals surface area contributed by atoms with Gasteiger partial charge in [0.15, 0.2) is 0 Å². The molecule has 6 heteroatoms. The lowest BCUT2D eigenvalue weighted by Gasteiger charge is -2.04. The first-order valence-electron chi connectivity index (χ1n) is 28.3. The van der Waals surface area contributed by atoms with Crippen LogP contribution in [0.2, 0.25) is 0 Å². The minimum atomic E-state index is -1.15. The summed E-state index contributed by atoms with van der Waals surface area (Å²) in [5.74, 6) is -2.13. The third kappa shape index (κ3) is 53.7. The smallest absolute Gasteiger partial charge is 0.0796 e. The lowest BCUT2D eigenvalue weighted by atomic mass is 10.0. The van der Waals surface area contributed by atoms with Gasteiger partial charge < -0.3 is 30.4 Å². The third-order valence-electron chi connectivity index (χ3n) is 12.7. The molecule has 66 heavy (non-hydrogen) atoms. The summed E-state index contributed by atoms with van der Waals surface area (Å²) in [7, 11) is 0. The van der Waals surface area contributed by atoms with Gasteiger partial charge in [0, 0.05) is 18.8 Å². The minimum absolute atomic E-state index is 0.147. The molecule has 0 saturated heterocycles. The van der Waals surface area contributed by atoms with Crippen molar-refractivity contribution in [3.05, 3.63) is 83.9 Å². The van der Waals surface area contributed by atoms with Crippen molar-refractivity contribution in [2.45, 2.75) is 258 Å². The van der Waals surface area contributed by atoms with Gasteiger partial charge in [-0.1, -0.05) is 260 Å². The van der Waals surface area contributed by atoms with Gasteiger partial charge in [0.2, 0.25) is 0 Å². The summed E-state index contributed by atoms with van der Waals surface area (Å²) in [4.78, 5) is 20.1. The van der Waals surface area contributed by atoms with E-state index >= 15 is 0 Å². The lowest BCUT2D eigenvalue weighted by Crippen LogP contribution is -2.84. The Morgan fingerprint density at radius 3 is 1.02 bits per heavy atom. The molecule has 0 unspecified atom stereocenters. The van der Waals surface area contributed by atoms with E-state index in [4.69, 9.17) is 0 Å². The van der Waals surface area contributed by atoms with E-state index in [9.17, 15) is 19.8 Å². The molecule has 0 saturated carbocycles. The molecule has 6 nitrogen and oxygen atoms in total. The molecule has 0 bridgehead atoms. The molecule has 0 aliphatic heterocycles. The van der Waals surface area contributed by atoms with Gasteiger partial charge in [0.25, 0.3) is 0 Å². The molecule has 380 valence electrons. The number of nitrogens with two attached hydrogens (primary N) is 2. The summed E-state index contributed by atoms with van der Waals surface area (Å²) in [6.07, 6.45) is 52.3. The first kappa shape index (κ1) is 63.0. The molecule has 0 aromatic heterocycles. The Kier molecular flexibility index (Phi) is 52.2. The van der Waals surface area contributed by atoms with Crippen LogP contribution >= 0.6 is 0 Å². The highest BCUT2D eigenvalue weighted by Crippen LogP contribution is 2.14. The number of benzene rings is 2. The molecule has 4 N–H and O–H groups in total. The monoisotopic (exact) mass is 919 g/mol. The van der Waals surface area contributed by atoms with E-state index in [1.54, 1.807) is 6.08 Å². The average molecular weight is 920 g/mol.